The van der Waals surface area contributed by atoms with Gasteiger partial charge in [0, 0.05) is 19.0 Å². The van der Waals surface area contributed by atoms with Gasteiger partial charge in [-0.15, -0.1) is 11.3 Å². The van der Waals surface area contributed by atoms with Gasteiger partial charge in [0.25, 0.3) is 5.91 Å². The number of carboxylic acid groups (broad SMARTS) is 1. The molecule has 0 aromatic carbocycles. The van der Waals surface area contributed by atoms with E-state index in [1.807, 2.05) is 13.8 Å². The van der Waals surface area contributed by atoms with E-state index in [0.29, 0.717) is 23.7 Å². The van der Waals surface area contributed by atoms with Gasteiger partial charge in [-0.3, -0.25) is 9.59 Å². The Morgan fingerprint density at radius 3 is 2.78 bits per heavy atom. The lowest BCUT2D eigenvalue weighted by atomic mass is 9.91. The molecule has 0 saturated carbocycles. The number of hydrogen-bond donors (Lipinski definition) is 2. The van der Waals surface area contributed by atoms with Gasteiger partial charge in [0.2, 0.25) is 0 Å². The fourth-order valence-corrected chi connectivity index (χ4v) is 3.95. The quantitative estimate of drug-likeness (QED) is 0.868. The van der Waals surface area contributed by atoms with Crippen LogP contribution in [0.3, 0.4) is 0 Å². The molecular weight excluding hydrogens is 318 g/mol. The van der Waals surface area contributed by atoms with Crippen molar-refractivity contribution in [2.45, 2.75) is 26.2 Å². The van der Waals surface area contributed by atoms with E-state index in [9.17, 15) is 9.59 Å². The first kappa shape index (κ1) is 15.6. The molecule has 1 aliphatic heterocycles. The minimum atomic E-state index is -0.873. The molecule has 122 valence electrons. The van der Waals surface area contributed by atoms with Crippen molar-refractivity contribution in [3.63, 3.8) is 0 Å². The second-order valence-electron chi connectivity index (χ2n) is 5.72. The van der Waals surface area contributed by atoms with Crippen molar-refractivity contribution in [3.05, 3.63) is 27.5 Å². The summed E-state index contributed by atoms with van der Waals surface area (Å²) in [4.78, 5) is 30.5. The van der Waals surface area contributed by atoms with Crippen LogP contribution in [-0.2, 0) is 4.79 Å². The first-order chi connectivity index (χ1) is 11.0. The lowest BCUT2D eigenvalue weighted by Gasteiger charge is -2.15. The lowest BCUT2D eigenvalue weighted by molar-refractivity contribution is -0.138. The van der Waals surface area contributed by atoms with Crippen LogP contribution in [0.15, 0.2) is 6.20 Å². The predicted octanol–water partition coefficient (Wildman–Crippen LogP) is 1.21. The third-order valence-electron chi connectivity index (χ3n) is 4.08. The van der Waals surface area contributed by atoms with Crippen LogP contribution >= 0.6 is 11.3 Å². The normalized spacial score (nSPS) is 20.9. The maximum absolute atomic E-state index is 12.7. The number of H-pyrrole nitrogens is 1. The van der Waals surface area contributed by atoms with Gasteiger partial charge in [-0.1, -0.05) is 0 Å². The molecule has 1 saturated heterocycles. The minimum Gasteiger partial charge on any atom is -0.481 e. The molecule has 0 spiro atoms. The number of aromatic amines is 1. The monoisotopic (exact) mass is 335 g/mol. The molecular formula is C14H17N5O3S. The maximum atomic E-state index is 12.7. The first-order valence-corrected chi connectivity index (χ1v) is 8.08. The Kier molecular flexibility index (Phi) is 4.12. The second-order valence-corrected chi connectivity index (χ2v) is 6.92. The van der Waals surface area contributed by atoms with E-state index in [1.54, 1.807) is 11.1 Å². The highest BCUT2D eigenvalue weighted by atomic mass is 32.1. The van der Waals surface area contributed by atoms with Crippen molar-refractivity contribution in [1.82, 2.24) is 25.3 Å². The number of likely N-dealkylation sites (tertiary alicyclic amines) is 1. The smallest absolute Gasteiger partial charge is 0.303 e. The summed E-state index contributed by atoms with van der Waals surface area (Å²) < 4.78 is 0. The Labute approximate surface area is 136 Å². The van der Waals surface area contributed by atoms with Crippen LogP contribution < -0.4 is 0 Å². The van der Waals surface area contributed by atoms with Crippen LogP contribution in [0.25, 0.3) is 0 Å². The molecule has 2 aromatic rings. The van der Waals surface area contributed by atoms with Crippen molar-refractivity contribution in [2.24, 2.45) is 5.92 Å². The van der Waals surface area contributed by atoms with Crippen LogP contribution in [0.2, 0.25) is 0 Å². The number of aliphatic carboxylic acids is 1. The molecule has 2 atom stereocenters. The number of rotatable bonds is 4. The summed E-state index contributed by atoms with van der Waals surface area (Å²) in [7, 11) is 0. The van der Waals surface area contributed by atoms with Crippen LogP contribution in [0.4, 0.5) is 0 Å². The Morgan fingerprint density at radius 1 is 1.43 bits per heavy atom. The summed E-state index contributed by atoms with van der Waals surface area (Å²) >= 11 is 1.37. The number of carboxylic acids is 1. The molecule has 1 aliphatic rings. The number of carbonyl (C=O) groups excluding carboxylic acids is 1. The maximum Gasteiger partial charge on any atom is 0.303 e. The van der Waals surface area contributed by atoms with E-state index in [0.717, 1.165) is 10.7 Å². The zero-order valence-electron chi connectivity index (χ0n) is 12.8. The van der Waals surface area contributed by atoms with Gasteiger partial charge in [0.05, 0.1) is 29.0 Å². The average Bonchev–Trinajstić information content (AvgIpc) is 3.17. The second kappa shape index (κ2) is 6.07. The van der Waals surface area contributed by atoms with Gasteiger partial charge in [-0.05, 0) is 19.8 Å². The van der Waals surface area contributed by atoms with Crippen LogP contribution in [0, 0.1) is 19.8 Å². The van der Waals surface area contributed by atoms with Gasteiger partial charge in [-0.2, -0.15) is 15.4 Å². The largest absolute Gasteiger partial charge is 0.481 e. The molecule has 8 nitrogen and oxygen atoms in total. The molecule has 23 heavy (non-hydrogen) atoms. The molecule has 3 rings (SSSR count). The number of nitrogens with one attached hydrogen (secondary N) is 1. The summed E-state index contributed by atoms with van der Waals surface area (Å²) in [5, 5.41) is 20.4. The molecule has 3 heterocycles. The zero-order valence-corrected chi connectivity index (χ0v) is 13.6. The molecule has 2 aromatic heterocycles. The number of carbonyl (C=O) groups is 2. The highest BCUT2D eigenvalue weighted by Crippen LogP contribution is 2.35. The van der Waals surface area contributed by atoms with Gasteiger partial charge in [-0.25, -0.2) is 4.98 Å². The Hall–Kier alpha value is -2.29. The van der Waals surface area contributed by atoms with E-state index < -0.39 is 5.97 Å². The molecule has 2 N–H and O–H groups in total. The lowest BCUT2D eigenvalue weighted by Crippen LogP contribution is -2.29. The van der Waals surface area contributed by atoms with Gasteiger partial charge >= 0.3 is 5.97 Å². The Balaban J connectivity index is 1.83. The van der Waals surface area contributed by atoms with Crippen LogP contribution in [0.5, 0.6) is 0 Å². The molecule has 1 amide bonds. The summed E-state index contributed by atoms with van der Waals surface area (Å²) in [6.45, 7) is 4.53. The van der Waals surface area contributed by atoms with E-state index in [4.69, 9.17) is 5.11 Å². The third-order valence-corrected chi connectivity index (χ3v) is 5.14. The van der Waals surface area contributed by atoms with E-state index in [1.165, 1.54) is 11.3 Å². The van der Waals surface area contributed by atoms with E-state index in [-0.39, 0.29) is 24.2 Å². The Bertz CT molecular complexity index is 727. The molecule has 1 fully saturated rings. The summed E-state index contributed by atoms with van der Waals surface area (Å²) in [5.41, 5.74) is 1.42. The number of thiazole rings is 1. The van der Waals surface area contributed by atoms with Crippen LogP contribution in [0.1, 0.15) is 38.4 Å². The van der Waals surface area contributed by atoms with E-state index in [2.05, 4.69) is 20.4 Å². The van der Waals surface area contributed by atoms with Gasteiger partial charge in [0.15, 0.2) is 0 Å². The summed E-state index contributed by atoms with van der Waals surface area (Å²) in [6.07, 6.45) is 1.59. The van der Waals surface area contributed by atoms with Crippen molar-refractivity contribution >= 4 is 23.2 Å². The highest BCUT2D eigenvalue weighted by molar-refractivity contribution is 7.13. The third kappa shape index (κ3) is 3.09. The zero-order chi connectivity index (χ0) is 16.6. The van der Waals surface area contributed by atoms with Crippen molar-refractivity contribution < 1.29 is 14.7 Å². The predicted molar refractivity (Wildman–Crippen MR) is 82.4 cm³/mol. The molecule has 0 radical (unpaired) electrons. The molecule has 9 heteroatoms. The average molecular weight is 335 g/mol. The number of amides is 1. The van der Waals surface area contributed by atoms with Crippen molar-refractivity contribution in [1.29, 1.82) is 0 Å². The van der Waals surface area contributed by atoms with Crippen molar-refractivity contribution in [2.75, 3.05) is 13.1 Å². The first-order valence-electron chi connectivity index (χ1n) is 7.26. The molecule has 0 bridgehead atoms. The highest BCUT2D eigenvalue weighted by Gasteiger charge is 2.39. The standard InChI is InChI=1S/C14H17N5O3S/c1-7-13(23-8(2)16-7)14(22)19-5-9(3-12(20)21)10(6-19)11-4-15-18-17-11/h4,9-10H,3,5-6H2,1-2H3,(H,20,21)(H,15,17,18)/t9-,10+/m1/s1. The topological polar surface area (TPSA) is 112 Å². The summed E-state index contributed by atoms with van der Waals surface area (Å²) in [5.74, 6) is -1.25. The van der Waals surface area contributed by atoms with Gasteiger partial charge in [0.1, 0.15) is 4.88 Å². The minimum absolute atomic E-state index is 0.00199. The number of aromatic nitrogens is 4. The van der Waals surface area contributed by atoms with Gasteiger partial charge < -0.3 is 10.0 Å². The fraction of sp³-hybridized carbons (Fsp3) is 0.500. The van der Waals surface area contributed by atoms with E-state index >= 15 is 0 Å². The van der Waals surface area contributed by atoms with Crippen molar-refractivity contribution in [3.8, 4) is 0 Å². The molecule has 0 unspecified atom stereocenters. The number of aryl methyl sites for hydroxylation is 2. The number of hydrogen-bond acceptors (Lipinski definition) is 6. The molecule has 0 aliphatic carbocycles. The van der Waals surface area contributed by atoms with Crippen LogP contribution in [-0.4, -0.2) is 55.4 Å². The summed E-state index contributed by atoms with van der Waals surface area (Å²) in [6, 6.07) is 0. The fourth-order valence-electron chi connectivity index (χ4n) is 3.07. The number of nitrogens with zero attached hydrogens (tertiary/aromatic N) is 4. The Morgan fingerprint density at radius 2 is 2.22 bits per heavy atom. The SMILES string of the molecule is Cc1nc(C)c(C(=O)N2C[C@@H](CC(=O)O)[C@@H](c3cn[nH]n3)C2)s1.